The number of rotatable bonds is 6. The largest absolute Gasteiger partial charge is 0.469 e. The van der Waals surface area contributed by atoms with Gasteiger partial charge in [0.15, 0.2) is 0 Å². The van der Waals surface area contributed by atoms with Crippen molar-refractivity contribution < 1.29 is 23.9 Å². The zero-order chi connectivity index (χ0) is 20.8. The van der Waals surface area contributed by atoms with Crippen molar-refractivity contribution in [3.8, 4) is 0 Å². The monoisotopic (exact) mass is 401 g/mol. The molecule has 2 amide bonds. The number of fused-ring (bicyclic) bond motifs is 1. The maximum Gasteiger partial charge on any atom is 0.328 e. The number of esters is 2. The van der Waals surface area contributed by atoms with Gasteiger partial charge in [-0.25, -0.2) is 14.6 Å². The van der Waals surface area contributed by atoms with Crippen LogP contribution in [-0.2, 0) is 25.5 Å². The normalized spacial score (nSPS) is 16.5. The summed E-state index contributed by atoms with van der Waals surface area (Å²) in [6, 6.07) is 1.81. The van der Waals surface area contributed by atoms with E-state index in [1.165, 1.54) is 14.2 Å². The SMILES string of the molecule is COC(=O)CC[C@@H](NC(=O)N1CCc2[nH]cnc2[C@@H]1c1ccncc1)C(=O)OC. The lowest BCUT2D eigenvalue weighted by Gasteiger charge is -2.36. The minimum atomic E-state index is -0.967. The Morgan fingerprint density at radius 2 is 2.03 bits per heavy atom. The van der Waals surface area contributed by atoms with Crippen LogP contribution >= 0.6 is 0 Å². The maximum atomic E-state index is 13.1. The van der Waals surface area contributed by atoms with E-state index in [1.807, 2.05) is 12.1 Å². The molecule has 1 aliphatic heterocycles. The van der Waals surface area contributed by atoms with Gasteiger partial charge < -0.3 is 24.7 Å². The number of pyridine rings is 1. The summed E-state index contributed by atoms with van der Waals surface area (Å²) in [6.07, 6.45) is 5.57. The number of imidazole rings is 1. The number of methoxy groups -OCH3 is 2. The molecule has 0 saturated heterocycles. The van der Waals surface area contributed by atoms with Crippen LogP contribution in [0.15, 0.2) is 30.9 Å². The summed E-state index contributed by atoms with van der Waals surface area (Å²) < 4.78 is 9.38. The van der Waals surface area contributed by atoms with Crippen molar-refractivity contribution in [2.24, 2.45) is 0 Å². The first-order chi connectivity index (χ1) is 14.0. The minimum absolute atomic E-state index is 0.0200. The van der Waals surface area contributed by atoms with Crippen LogP contribution in [0, 0.1) is 0 Å². The first-order valence-corrected chi connectivity index (χ1v) is 9.19. The van der Waals surface area contributed by atoms with E-state index in [1.54, 1.807) is 23.6 Å². The van der Waals surface area contributed by atoms with Gasteiger partial charge in [-0.1, -0.05) is 0 Å². The third-order valence-electron chi connectivity index (χ3n) is 4.86. The zero-order valence-electron chi connectivity index (χ0n) is 16.3. The number of nitrogens with one attached hydrogen (secondary N) is 2. The molecule has 0 bridgehead atoms. The summed E-state index contributed by atoms with van der Waals surface area (Å²) in [7, 11) is 2.50. The highest BCUT2D eigenvalue weighted by Gasteiger charge is 2.35. The Kier molecular flexibility index (Phi) is 6.43. The fourth-order valence-corrected chi connectivity index (χ4v) is 3.37. The van der Waals surface area contributed by atoms with Crippen LogP contribution in [0.1, 0.15) is 35.8 Å². The van der Waals surface area contributed by atoms with Crippen LogP contribution in [0.3, 0.4) is 0 Å². The van der Waals surface area contributed by atoms with Crippen LogP contribution in [0.25, 0.3) is 0 Å². The molecule has 3 heterocycles. The van der Waals surface area contributed by atoms with E-state index in [0.29, 0.717) is 13.0 Å². The number of nitrogens with zero attached hydrogens (tertiary/aromatic N) is 3. The lowest BCUT2D eigenvalue weighted by Crippen LogP contribution is -2.51. The van der Waals surface area contributed by atoms with Gasteiger partial charge in [-0.05, 0) is 24.1 Å². The standard InChI is InChI=1S/C19H23N5O5/c1-28-15(25)4-3-14(18(26)29-2)23-19(27)24-10-7-13-16(22-11-21-13)17(24)12-5-8-20-9-6-12/h5-6,8-9,11,14,17H,3-4,7,10H2,1-2H3,(H,21,22)(H,23,27)/t14-,17+/m1/s1. The maximum absolute atomic E-state index is 13.1. The lowest BCUT2D eigenvalue weighted by molar-refractivity contribution is -0.144. The van der Waals surface area contributed by atoms with Crippen LogP contribution in [0.5, 0.6) is 0 Å². The van der Waals surface area contributed by atoms with Crippen molar-refractivity contribution in [3.05, 3.63) is 47.8 Å². The number of H-pyrrole nitrogens is 1. The van der Waals surface area contributed by atoms with Crippen molar-refractivity contribution in [2.75, 3.05) is 20.8 Å². The molecular formula is C19H23N5O5. The van der Waals surface area contributed by atoms with Gasteiger partial charge in [0.2, 0.25) is 0 Å². The molecule has 0 radical (unpaired) electrons. The van der Waals surface area contributed by atoms with Gasteiger partial charge in [0.05, 0.1) is 26.2 Å². The van der Waals surface area contributed by atoms with E-state index in [9.17, 15) is 14.4 Å². The highest BCUT2D eigenvalue weighted by molar-refractivity contribution is 5.84. The van der Waals surface area contributed by atoms with Gasteiger partial charge in [0, 0.05) is 37.5 Å². The zero-order valence-corrected chi connectivity index (χ0v) is 16.3. The minimum Gasteiger partial charge on any atom is -0.469 e. The number of hydrogen-bond acceptors (Lipinski definition) is 7. The molecule has 3 rings (SSSR count). The summed E-state index contributed by atoms with van der Waals surface area (Å²) in [4.78, 5) is 49.8. The number of ether oxygens (including phenoxy) is 2. The van der Waals surface area contributed by atoms with Crippen molar-refractivity contribution >= 4 is 18.0 Å². The second-order valence-corrected chi connectivity index (χ2v) is 6.53. The third-order valence-corrected chi connectivity index (χ3v) is 4.86. The predicted octanol–water partition coefficient (Wildman–Crippen LogP) is 0.957. The van der Waals surface area contributed by atoms with E-state index < -0.39 is 30.1 Å². The van der Waals surface area contributed by atoms with Crippen molar-refractivity contribution in [1.29, 1.82) is 0 Å². The molecule has 29 heavy (non-hydrogen) atoms. The molecule has 0 unspecified atom stereocenters. The van der Waals surface area contributed by atoms with Crippen molar-refractivity contribution in [1.82, 2.24) is 25.2 Å². The van der Waals surface area contributed by atoms with Crippen molar-refractivity contribution in [3.63, 3.8) is 0 Å². The second kappa shape index (κ2) is 9.18. The Bertz CT molecular complexity index is 869. The molecule has 2 aromatic heterocycles. The molecule has 2 N–H and O–H groups in total. The number of aromatic amines is 1. The molecule has 154 valence electrons. The quantitative estimate of drug-likeness (QED) is 0.690. The Morgan fingerprint density at radius 1 is 1.28 bits per heavy atom. The number of urea groups is 1. The Balaban J connectivity index is 1.82. The number of amides is 2. The molecule has 2 atom stereocenters. The lowest BCUT2D eigenvalue weighted by atomic mass is 9.97. The molecule has 2 aromatic rings. The van der Waals surface area contributed by atoms with Gasteiger partial charge >= 0.3 is 18.0 Å². The second-order valence-electron chi connectivity index (χ2n) is 6.53. The van der Waals surface area contributed by atoms with Crippen LogP contribution in [0.4, 0.5) is 4.79 Å². The number of carbonyl (C=O) groups is 3. The number of aromatic nitrogens is 3. The Labute approximate surface area is 167 Å². The summed E-state index contributed by atoms with van der Waals surface area (Å²) >= 11 is 0. The molecule has 10 nitrogen and oxygen atoms in total. The van der Waals surface area contributed by atoms with Gasteiger partial charge in [-0.15, -0.1) is 0 Å². The van der Waals surface area contributed by atoms with E-state index in [0.717, 1.165) is 17.0 Å². The first kappa shape index (κ1) is 20.3. The summed E-state index contributed by atoms with van der Waals surface area (Å²) in [5.74, 6) is -1.10. The molecule has 0 fully saturated rings. The van der Waals surface area contributed by atoms with E-state index in [2.05, 4.69) is 25.0 Å². The highest BCUT2D eigenvalue weighted by Crippen LogP contribution is 2.33. The summed E-state index contributed by atoms with van der Waals surface area (Å²) in [5.41, 5.74) is 2.57. The van der Waals surface area contributed by atoms with Gasteiger partial charge in [-0.2, -0.15) is 0 Å². The van der Waals surface area contributed by atoms with E-state index in [-0.39, 0.29) is 12.8 Å². The Hall–Kier alpha value is -3.43. The molecule has 0 saturated carbocycles. The fourth-order valence-electron chi connectivity index (χ4n) is 3.37. The van der Waals surface area contributed by atoms with Gasteiger partial charge in [0.25, 0.3) is 0 Å². The summed E-state index contributed by atoms with van der Waals surface area (Å²) in [5, 5.41) is 2.69. The van der Waals surface area contributed by atoms with E-state index >= 15 is 0 Å². The topological polar surface area (TPSA) is 127 Å². The van der Waals surface area contributed by atoms with Crippen LogP contribution in [-0.4, -0.2) is 64.6 Å². The predicted molar refractivity (Wildman–Crippen MR) is 101 cm³/mol. The molecular weight excluding hydrogens is 378 g/mol. The average molecular weight is 401 g/mol. The Morgan fingerprint density at radius 3 is 2.72 bits per heavy atom. The molecule has 0 aliphatic carbocycles. The van der Waals surface area contributed by atoms with Gasteiger partial charge in [-0.3, -0.25) is 9.78 Å². The molecule has 1 aliphatic rings. The van der Waals surface area contributed by atoms with Gasteiger partial charge in [0.1, 0.15) is 12.1 Å². The molecule has 0 spiro atoms. The van der Waals surface area contributed by atoms with Crippen molar-refractivity contribution in [2.45, 2.75) is 31.3 Å². The summed E-state index contributed by atoms with van der Waals surface area (Å²) in [6.45, 7) is 0.429. The molecule has 0 aromatic carbocycles. The van der Waals surface area contributed by atoms with Crippen LogP contribution in [0.2, 0.25) is 0 Å². The average Bonchev–Trinajstić information content (AvgIpc) is 3.24. The number of carbonyl (C=O) groups excluding carboxylic acids is 3. The third kappa shape index (κ3) is 4.53. The van der Waals surface area contributed by atoms with Crippen LogP contribution < -0.4 is 5.32 Å². The first-order valence-electron chi connectivity index (χ1n) is 9.19. The highest BCUT2D eigenvalue weighted by atomic mass is 16.5. The smallest absolute Gasteiger partial charge is 0.328 e. The number of hydrogen-bond donors (Lipinski definition) is 2. The van der Waals surface area contributed by atoms with E-state index in [4.69, 9.17) is 4.74 Å². The molecule has 10 heteroatoms. The fraction of sp³-hybridized carbons (Fsp3) is 0.421.